The third-order valence-electron chi connectivity index (χ3n) is 8.44. The molecule has 0 aromatic rings. The summed E-state index contributed by atoms with van der Waals surface area (Å²) < 4.78 is 0. The molecule has 0 heterocycles. The average Bonchev–Trinajstić information content (AvgIpc) is 3.26. The molecule has 0 nitrogen and oxygen atoms in total. The molecular formula is C23H40. The monoisotopic (exact) mass is 316 g/mol. The van der Waals surface area contributed by atoms with Crippen LogP contribution in [0.25, 0.3) is 0 Å². The van der Waals surface area contributed by atoms with Gasteiger partial charge in [-0.05, 0) is 85.9 Å². The van der Waals surface area contributed by atoms with E-state index < -0.39 is 0 Å². The Bertz CT molecular complexity index is 445. The first-order valence-corrected chi connectivity index (χ1v) is 10.5. The molecule has 0 aromatic carbocycles. The van der Waals surface area contributed by atoms with E-state index in [0.29, 0.717) is 5.41 Å². The van der Waals surface area contributed by atoms with E-state index in [1.54, 1.807) is 24.8 Å². The maximum absolute atomic E-state index is 2.66. The molecule has 3 aliphatic carbocycles. The Balaban J connectivity index is 1.58. The molecule has 23 heavy (non-hydrogen) atoms. The van der Waals surface area contributed by atoms with Crippen molar-refractivity contribution in [1.82, 2.24) is 0 Å². The fourth-order valence-electron chi connectivity index (χ4n) is 6.04. The van der Waals surface area contributed by atoms with Crippen LogP contribution in [0.4, 0.5) is 0 Å². The third kappa shape index (κ3) is 3.29. The summed E-state index contributed by atoms with van der Waals surface area (Å²) in [5.41, 5.74) is 2.43. The summed E-state index contributed by atoms with van der Waals surface area (Å²) in [5, 5.41) is 0. The van der Waals surface area contributed by atoms with E-state index in [9.17, 15) is 0 Å². The molecular weight excluding hydrogens is 276 g/mol. The van der Waals surface area contributed by atoms with Crippen molar-refractivity contribution in [3.05, 3.63) is 11.6 Å². The lowest BCUT2D eigenvalue weighted by atomic mass is 9.49. The highest BCUT2D eigenvalue weighted by Crippen LogP contribution is 2.68. The molecule has 0 N–H and O–H groups in total. The van der Waals surface area contributed by atoms with Crippen LogP contribution in [0, 0.1) is 46.8 Å². The van der Waals surface area contributed by atoms with Gasteiger partial charge >= 0.3 is 0 Å². The Morgan fingerprint density at radius 1 is 1.17 bits per heavy atom. The maximum atomic E-state index is 2.66. The van der Waals surface area contributed by atoms with Gasteiger partial charge in [0.25, 0.3) is 0 Å². The molecule has 7 atom stereocenters. The number of allylic oxidation sites excluding steroid dienone is 2. The molecule has 0 saturated heterocycles. The smallest absolute Gasteiger partial charge is 0.0229 e. The van der Waals surface area contributed by atoms with Crippen molar-refractivity contribution in [2.24, 2.45) is 46.8 Å². The summed E-state index contributed by atoms with van der Waals surface area (Å²) in [4.78, 5) is 0. The van der Waals surface area contributed by atoms with Crippen LogP contribution in [0.5, 0.6) is 0 Å². The van der Waals surface area contributed by atoms with E-state index in [4.69, 9.17) is 0 Å². The van der Waals surface area contributed by atoms with E-state index in [1.807, 2.05) is 0 Å². The highest BCUT2D eigenvalue weighted by Gasteiger charge is 2.60. The Labute approximate surface area is 145 Å². The molecule has 0 amide bonds. The van der Waals surface area contributed by atoms with Crippen molar-refractivity contribution in [1.29, 1.82) is 0 Å². The van der Waals surface area contributed by atoms with Gasteiger partial charge in [0.2, 0.25) is 0 Å². The second-order valence-corrected chi connectivity index (χ2v) is 10.0. The molecule has 3 aliphatic rings. The molecule has 3 saturated carbocycles. The van der Waals surface area contributed by atoms with Crippen LogP contribution < -0.4 is 0 Å². The van der Waals surface area contributed by atoms with Gasteiger partial charge in [-0.25, -0.2) is 0 Å². The summed E-state index contributed by atoms with van der Waals surface area (Å²) in [6.45, 7) is 14.6. The molecule has 3 fully saturated rings. The van der Waals surface area contributed by atoms with Gasteiger partial charge in [0.05, 0.1) is 0 Å². The number of fused-ring (bicyclic) bond motifs is 3. The van der Waals surface area contributed by atoms with E-state index in [-0.39, 0.29) is 0 Å². The van der Waals surface area contributed by atoms with E-state index in [0.717, 1.165) is 41.4 Å². The predicted octanol–water partition coefficient (Wildman–Crippen LogP) is 7.10. The van der Waals surface area contributed by atoms with Crippen LogP contribution >= 0.6 is 0 Å². The van der Waals surface area contributed by atoms with Gasteiger partial charge < -0.3 is 0 Å². The Morgan fingerprint density at radius 3 is 2.57 bits per heavy atom. The summed E-state index contributed by atoms with van der Waals surface area (Å²) in [7, 11) is 0. The van der Waals surface area contributed by atoms with Crippen LogP contribution in [0.1, 0.15) is 86.5 Å². The van der Waals surface area contributed by atoms with Crippen molar-refractivity contribution in [3.63, 3.8) is 0 Å². The summed E-state index contributed by atoms with van der Waals surface area (Å²) in [5.74, 6) is 6.79. The van der Waals surface area contributed by atoms with E-state index in [2.05, 4.69) is 47.6 Å². The molecule has 0 aliphatic heterocycles. The van der Waals surface area contributed by atoms with Gasteiger partial charge in [0.15, 0.2) is 0 Å². The van der Waals surface area contributed by atoms with Gasteiger partial charge in [-0.1, -0.05) is 59.1 Å². The van der Waals surface area contributed by atoms with Gasteiger partial charge in [-0.3, -0.25) is 0 Å². The minimum absolute atomic E-state index is 0.701. The van der Waals surface area contributed by atoms with Crippen molar-refractivity contribution >= 4 is 0 Å². The van der Waals surface area contributed by atoms with Crippen LogP contribution in [0.2, 0.25) is 0 Å². The maximum Gasteiger partial charge on any atom is -0.0229 e. The topological polar surface area (TPSA) is 0 Å². The fourth-order valence-corrected chi connectivity index (χ4v) is 6.04. The van der Waals surface area contributed by atoms with Crippen LogP contribution in [-0.2, 0) is 0 Å². The number of hydrogen-bond acceptors (Lipinski definition) is 0. The first-order valence-electron chi connectivity index (χ1n) is 10.5. The number of hydrogen-bond donors (Lipinski definition) is 0. The third-order valence-corrected chi connectivity index (χ3v) is 8.44. The van der Waals surface area contributed by atoms with Crippen LogP contribution in [-0.4, -0.2) is 0 Å². The molecule has 0 spiro atoms. The Morgan fingerprint density at radius 2 is 1.91 bits per heavy atom. The lowest BCUT2D eigenvalue weighted by Gasteiger charge is -2.56. The molecule has 7 unspecified atom stereocenters. The molecule has 132 valence electrons. The fraction of sp³-hybridized carbons (Fsp3) is 0.913. The molecule has 3 rings (SSSR count). The SMILES string of the molecule is C/C=C(\CC(C)C(C)C)C(C)CC1CC2C3CC3CCCC12C. The Hall–Kier alpha value is -0.260. The zero-order valence-corrected chi connectivity index (χ0v) is 16.6. The van der Waals surface area contributed by atoms with Crippen molar-refractivity contribution in [3.8, 4) is 0 Å². The standard InChI is InChI=1S/C23H40/c1-7-18(11-16(4)15(2)3)17(5)12-20-14-22-21-13-19(21)9-8-10-23(20,22)6/h7,15-17,19-22H,8-14H2,1-6H3/b18-7+. The first-order chi connectivity index (χ1) is 10.9. The lowest BCUT2D eigenvalue weighted by Crippen LogP contribution is -2.48. The minimum atomic E-state index is 0.701. The lowest BCUT2D eigenvalue weighted by molar-refractivity contribution is -0.0647. The zero-order valence-electron chi connectivity index (χ0n) is 16.6. The largest absolute Gasteiger partial charge is 0.0882 e. The van der Waals surface area contributed by atoms with E-state index >= 15 is 0 Å². The molecule has 0 heteroatoms. The van der Waals surface area contributed by atoms with Crippen LogP contribution in [0.15, 0.2) is 11.6 Å². The predicted molar refractivity (Wildman–Crippen MR) is 101 cm³/mol. The van der Waals surface area contributed by atoms with Gasteiger partial charge in [-0.2, -0.15) is 0 Å². The molecule has 0 radical (unpaired) electrons. The summed E-state index contributed by atoms with van der Waals surface area (Å²) in [6, 6.07) is 0. The zero-order chi connectivity index (χ0) is 16.8. The Kier molecular flexibility index (Phi) is 5.01. The summed E-state index contributed by atoms with van der Waals surface area (Å²) in [6.07, 6.45) is 12.9. The highest BCUT2D eigenvalue weighted by atomic mass is 14.6. The average molecular weight is 317 g/mol. The first kappa shape index (κ1) is 17.6. The van der Waals surface area contributed by atoms with Gasteiger partial charge in [0, 0.05) is 0 Å². The quantitative estimate of drug-likeness (QED) is 0.458. The second kappa shape index (κ2) is 6.57. The normalized spacial score (nSPS) is 42.3. The number of rotatable bonds is 6. The minimum Gasteiger partial charge on any atom is -0.0882 e. The molecule has 0 aromatic heterocycles. The van der Waals surface area contributed by atoms with Crippen molar-refractivity contribution in [2.45, 2.75) is 86.5 Å². The second-order valence-electron chi connectivity index (χ2n) is 10.0. The van der Waals surface area contributed by atoms with Crippen molar-refractivity contribution < 1.29 is 0 Å². The summed E-state index contributed by atoms with van der Waals surface area (Å²) >= 11 is 0. The van der Waals surface area contributed by atoms with E-state index in [1.165, 1.54) is 25.7 Å². The molecule has 0 bridgehead atoms. The van der Waals surface area contributed by atoms with Crippen LogP contribution in [0.3, 0.4) is 0 Å². The van der Waals surface area contributed by atoms with Crippen molar-refractivity contribution in [2.75, 3.05) is 0 Å². The highest BCUT2D eigenvalue weighted by molar-refractivity contribution is 5.12. The van der Waals surface area contributed by atoms with Gasteiger partial charge in [0.1, 0.15) is 0 Å². The van der Waals surface area contributed by atoms with Gasteiger partial charge in [-0.15, -0.1) is 0 Å².